The standard InChI is InChI=1S/C16H24N2O4/c1-10(2)7-15(19)17-12-9-14(22-6)13(21-5)8-11(12)16(20)18(3)4/h8-10H,7H2,1-6H3,(H,17,19). The van der Waals surface area contributed by atoms with Crippen molar-refractivity contribution < 1.29 is 19.1 Å². The highest BCUT2D eigenvalue weighted by Crippen LogP contribution is 2.34. The van der Waals surface area contributed by atoms with Crippen LogP contribution < -0.4 is 14.8 Å². The molecule has 2 amide bonds. The van der Waals surface area contributed by atoms with Crippen molar-refractivity contribution >= 4 is 17.5 Å². The zero-order valence-corrected chi connectivity index (χ0v) is 14.0. The molecule has 22 heavy (non-hydrogen) atoms. The first kappa shape index (κ1) is 17.8. The van der Waals surface area contributed by atoms with E-state index in [4.69, 9.17) is 9.47 Å². The fourth-order valence-corrected chi connectivity index (χ4v) is 1.97. The van der Waals surface area contributed by atoms with Gasteiger partial charge in [-0.2, -0.15) is 0 Å². The van der Waals surface area contributed by atoms with Gasteiger partial charge in [0, 0.05) is 26.6 Å². The Bertz CT molecular complexity index is 553. The number of benzene rings is 1. The minimum Gasteiger partial charge on any atom is -0.493 e. The average Bonchev–Trinajstić information content (AvgIpc) is 2.44. The number of rotatable bonds is 6. The predicted molar refractivity (Wildman–Crippen MR) is 85.6 cm³/mol. The Morgan fingerprint density at radius 2 is 1.68 bits per heavy atom. The molecule has 0 bridgehead atoms. The number of anilines is 1. The number of hydrogen-bond donors (Lipinski definition) is 1. The first-order valence-electron chi connectivity index (χ1n) is 7.07. The number of hydrogen-bond acceptors (Lipinski definition) is 4. The third-order valence-electron chi connectivity index (χ3n) is 3.03. The highest BCUT2D eigenvalue weighted by Gasteiger charge is 2.20. The van der Waals surface area contributed by atoms with Crippen LogP contribution in [0.3, 0.4) is 0 Å². The van der Waals surface area contributed by atoms with Gasteiger partial charge in [-0.05, 0) is 12.0 Å². The van der Waals surface area contributed by atoms with Crippen molar-refractivity contribution in [3.63, 3.8) is 0 Å². The number of methoxy groups -OCH3 is 2. The average molecular weight is 308 g/mol. The third kappa shape index (κ3) is 4.38. The molecule has 0 saturated carbocycles. The molecular weight excluding hydrogens is 284 g/mol. The van der Waals surface area contributed by atoms with Gasteiger partial charge in [-0.1, -0.05) is 13.8 Å². The maximum absolute atomic E-state index is 12.3. The molecule has 6 heteroatoms. The van der Waals surface area contributed by atoms with Crippen LogP contribution in [0.5, 0.6) is 11.5 Å². The van der Waals surface area contributed by atoms with E-state index in [-0.39, 0.29) is 17.7 Å². The van der Waals surface area contributed by atoms with E-state index >= 15 is 0 Å². The second-order valence-corrected chi connectivity index (χ2v) is 5.60. The van der Waals surface area contributed by atoms with Crippen molar-refractivity contribution in [1.29, 1.82) is 0 Å². The summed E-state index contributed by atoms with van der Waals surface area (Å²) in [6, 6.07) is 3.18. The Kier molecular flexibility index (Phi) is 6.22. The normalized spacial score (nSPS) is 10.3. The zero-order chi connectivity index (χ0) is 16.9. The van der Waals surface area contributed by atoms with Gasteiger partial charge in [0.2, 0.25) is 5.91 Å². The quantitative estimate of drug-likeness (QED) is 0.876. The molecule has 0 atom stereocenters. The number of nitrogens with zero attached hydrogens (tertiary/aromatic N) is 1. The lowest BCUT2D eigenvalue weighted by Crippen LogP contribution is -2.24. The smallest absolute Gasteiger partial charge is 0.255 e. The van der Waals surface area contributed by atoms with Crippen LogP contribution in [-0.4, -0.2) is 45.0 Å². The van der Waals surface area contributed by atoms with E-state index in [2.05, 4.69) is 5.32 Å². The summed E-state index contributed by atoms with van der Waals surface area (Å²) in [4.78, 5) is 25.8. The summed E-state index contributed by atoms with van der Waals surface area (Å²) in [5, 5.41) is 2.78. The molecule has 122 valence electrons. The van der Waals surface area contributed by atoms with Gasteiger partial charge < -0.3 is 19.7 Å². The van der Waals surface area contributed by atoms with E-state index < -0.39 is 0 Å². The SMILES string of the molecule is COc1cc(NC(=O)CC(C)C)c(C(=O)N(C)C)cc1OC. The van der Waals surface area contributed by atoms with Crippen LogP contribution in [-0.2, 0) is 4.79 Å². The van der Waals surface area contributed by atoms with Gasteiger partial charge in [-0.3, -0.25) is 9.59 Å². The summed E-state index contributed by atoms with van der Waals surface area (Å²) in [5.41, 5.74) is 0.779. The molecule has 0 aliphatic carbocycles. The van der Waals surface area contributed by atoms with Crippen LogP contribution >= 0.6 is 0 Å². The molecule has 1 aromatic rings. The Morgan fingerprint density at radius 3 is 2.14 bits per heavy atom. The van der Waals surface area contributed by atoms with Crippen molar-refractivity contribution in [1.82, 2.24) is 4.90 Å². The van der Waals surface area contributed by atoms with Gasteiger partial charge in [0.05, 0.1) is 25.5 Å². The first-order valence-corrected chi connectivity index (χ1v) is 7.07. The van der Waals surface area contributed by atoms with Crippen LogP contribution in [0.15, 0.2) is 12.1 Å². The molecule has 0 fully saturated rings. The molecule has 0 spiro atoms. The second-order valence-electron chi connectivity index (χ2n) is 5.60. The monoisotopic (exact) mass is 308 g/mol. The summed E-state index contributed by atoms with van der Waals surface area (Å²) < 4.78 is 10.5. The van der Waals surface area contributed by atoms with E-state index in [9.17, 15) is 9.59 Å². The van der Waals surface area contributed by atoms with Crippen LogP contribution in [0.2, 0.25) is 0 Å². The summed E-state index contributed by atoms with van der Waals surface area (Å²) in [6.07, 6.45) is 0.379. The predicted octanol–water partition coefficient (Wildman–Crippen LogP) is 2.39. The Hall–Kier alpha value is -2.24. The van der Waals surface area contributed by atoms with Crippen LogP contribution in [0.4, 0.5) is 5.69 Å². The highest BCUT2D eigenvalue weighted by atomic mass is 16.5. The van der Waals surface area contributed by atoms with E-state index in [1.54, 1.807) is 26.2 Å². The topological polar surface area (TPSA) is 67.9 Å². The van der Waals surface area contributed by atoms with Crippen molar-refractivity contribution in [3.05, 3.63) is 17.7 Å². The van der Waals surface area contributed by atoms with E-state index in [0.717, 1.165) is 0 Å². The van der Waals surface area contributed by atoms with Gasteiger partial charge in [0.15, 0.2) is 11.5 Å². The van der Waals surface area contributed by atoms with Crippen molar-refractivity contribution in [2.45, 2.75) is 20.3 Å². The summed E-state index contributed by atoms with van der Waals surface area (Å²) >= 11 is 0. The molecule has 1 aromatic carbocycles. The molecular formula is C16H24N2O4. The molecule has 1 rings (SSSR count). The summed E-state index contributed by atoms with van der Waals surface area (Å²) in [5.74, 6) is 0.760. The maximum Gasteiger partial charge on any atom is 0.255 e. The second kappa shape index (κ2) is 7.68. The van der Waals surface area contributed by atoms with Crippen LogP contribution in [0, 0.1) is 5.92 Å². The van der Waals surface area contributed by atoms with E-state index in [1.165, 1.54) is 19.1 Å². The zero-order valence-electron chi connectivity index (χ0n) is 14.0. The number of nitrogens with one attached hydrogen (secondary N) is 1. The number of amides is 2. The van der Waals surface area contributed by atoms with Crippen molar-refractivity contribution in [2.24, 2.45) is 5.92 Å². The summed E-state index contributed by atoms with van der Waals surface area (Å²) in [6.45, 7) is 3.92. The third-order valence-corrected chi connectivity index (χ3v) is 3.03. The van der Waals surface area contributed by atoms with Crippen LogP contribution in [0.1, 0.15) is 30.6 Å². The minimum atomic E-state index is -0.221. The van der Waals surface area contributed by atoms with E-state index in [1.807, 2.05) is 13.8 Å². The lowest BCUT2D eigenvalue weighted by Gasteiger charge is -2.18. The fraction of sp³-hybridized carbons (Fsp3) is 0.500. The van der Waals surface area contributed by atoms with Crippen LogP contribution in [0.25, 0.3) is 0 Å². The van der Waals surface area contributed by atoms with Gasteiger partial charge >= 0.3 is 0 Å². The molecule has 0 saturated heterocycles. The number of ether oxygens (including phenoxy) is 2. The van der Waals surface area contributed by atoms with Gasteiger partial charge in [0.25, 0.3) is 5.91 Å². The Labute approximate surface area is 131 Å². The molecule has 1 N–H and O–H groups in total. The highest BCUT2D eigenvalue weighted by molar-refractivity contribution is 6.04. The molecule has 0 aromatic heterocycles. The molecule has 0 heterocycles. The fourth-order valence-electron chi connectivity index (χ4n) is 1.97. The van der Waals surface area contributed by atoms with Crippen molar-refractivity contribution in [3.8, 4) is 11.5 Å². The lowest BCUT2D eigenvalue weighted by molar-refractivity contribution is -0.116. The Balaban J connectivity index is 3.26. The molecule has 0 aliphatic heterocycles. The first-order chi connectivity index (χ1) is 10.3. The van der Waals surface area contributed by atoms with Gasteiger partial charge in [0.1, 0.15) is 0 Å². The summed E-state index contributed by atoms with van der Waals surface area (Å²) in [7, 11) is 6.31. The molecule has 0 unspecified atom stereocenters. The van der Waals surface area contributed by atoms with Gasteiger partial charge in [-0.25, -0.2) is 0 Å². The molecule has 0 aliphatic rings. The molecule has 6 nitrogen and oxygen atoms in total. The van der Waals surface area contributed by atoms with Gasteiger partial charge in [-0.15, -0.1) is 0 Å². The molecule has 0 radical (unpaired) electrons. The van der Waals surface area contributed by atoms with Crippen molar-refractivity contribution in [2.75, 3.05) is 33.6 Å². The lowest BCUT2D eigenvalue weighted by atomic mass is 10.1. The number of carbonyl (C=O) groups is 2. The minimum absolute atomic E-state index is 0.143. The van der Waals surface area contributed by atoms with E-state index in [0.29, 0.717) is 29.2 Å². The Morgan fingerprint density at radius 1 is 1.14 bits per heavy atom. The number of carbonyl (C=O) groups excluding carboxylic acids is 2. The largest absolute Gasteiger partial charge is 0.493 e. The maximum atomic E-state index is 12.3.